The van der Waals surface area contributed by atoms with Crippen molar-refractivity contribution in [1.82, 2.24) is 0 Å². The third-order valence-corrected chi connectivity index (χ3v) is 3.60. The molecule has 1 N–H and O–H groups in total. The van der Waals surface area contributed by atoms with Gasteiger partial charge in [-0.15, -0.1) is 0 Å². The first-order valence-electron chi connectivity index (χ1n) is 6.30. The first-order chi connectivity index (χ1) is 10.0. The fourth-order valence-corrected chi connectivity index (χ4v) is 2.50. The molecular formula is C16H15BrO4. The van der Waals surface area contributed by atoms with Crippen LogP contribution in [0.15, 0.2) is 40.9 Å². The number of hydrogen-bond acceptors (Lipinski definition) is 3. The molecule has 0 saturated heterocycles. The zero-order valence-electron chi connectivity index (χ0n) is 11.7. The van der Waals surface area contributed by atoms with Crippen LogP contribution in [0.3, 0.4) is 0 Å². The molecule has 2 rings (SSSR count). The van der Waals surface area contributed by atoms with Crippen LogP contribution in [0.25, 0.3) is 0 Å². The van der Waals surface area contributed by atoms with Crippen molar-refractivity contribution in [2.75, 3.05) is 7.11 Å². The van der Waals surface area contributed by atoms with Gasteiger partial charge in [-0.1, -0.05) is 12.1 Å². The van der Waals surface area contributed by atoms with Gasteiger partial charge in [-0.25, -0.2) is 4.79 Å². The zero-order chi connectivity index (χ0) is 15.4. The summed E-state index contributed by atoms with van der Waals surface area (Å²) in [7, 11) is 1.45. The molecular weight excluding hydrogens is 336 g/mol. The van der Waals surface area contributed by atoms with Gasteiger partial charge in [0.1, 0.15) is 23.7 Å². The first kappa shape index (κ1) is 15.4. The molecule has 21 heavy (non-hydrogen) atoms. The van der Waals surface area contributed by atoms with Gasteiger partial charge in [0.05, 0.1) is 11.6 Å². The molecule has 2 aromatic carbocycles. The second-order valence-corrected chi connectivity index (χ2v) is 5.42. The van der Waals surface area contributed by atoms with Crippen LogP contribution in [0.2, 0.25) is 0 Å². The Morgan fingerprint density at radius 1 is 1.19 bits per heavy atom. The number of rotatable bonds is 5. The predicted octanol–water partition coefficient (Wildman–Crippen LogP) is 4.04. The van der Waals surface area contributed by atoms with E-state index in [4.69, 9.17) is 14.6 Å². The van der Waals surface area contributed by atoms with E-state index in [9.17, 15) is 4.79 Å². The van der Waals surface area contributed by atoms with Crippen molar-refractivity contribution in [2.24, 2.45) is 0 Å². The van der Waals surface area contributed by atoms with E-state index in [1.54, 1.807) is 18.2 Å². The monoisotopic (exact) mass is 350 g/mol. The molecule has 4 nitrogen and oxygen atoms in total. The minimum Gasteiger partial charge on any atom is -0.496 e. The van der Waals surface area contributed by atoms with Gasteiger partial charge in [-0.2, -0.15) is 0 Å². The van der Waals surface area contributed by atoms with Crippen LogP contribution < -0.4 is 9.47 Å². The van der Waals surface area contributed by atoms with Crippen LogP contribution in [0.4, 0.5) is 0 Å². The van der Waals surface area contributed by atoms with E-state index in [-0.39, 0.29) is 12.2 Å². The van der Waals surface area contributed by atoms with Gasteiger partial charge < -0.3 is 14.6 Å². The van der Waals surface area contributed by atoms with Crippen LogP contribution in [0.1, 0.15) is 21.5 Å². The van der Waals surface area contributed by atoms with Gasteiger partial charge in [0, 0.05) is 0 Å². The molecule has 0 radical (unpaired) electrons. The van der Waals surface area contributed by atoms with Crippen molar-refractivity contribution >= 4 is 21.9 Å². The Hall–Kier alpha value is -2.01. The molecule has 2 aromatic rings. The van der Waals surface area contributed by atoms with Crippen molar-refractivity contribution in [1.29, 1.82) is 0 Å². The average Bonchev–Trinajstić information content (AvgIpc) is 2.46. The highest BCUT2D eigenvalue weighted by molar-refractivity contribution is 9.10. The van der Waals surface area contributed by atoms with Gasteiger partial charge in [-0.3, -0.25) is 0 Å². The Balaban J connectivity index is 2.16. The Bertz CT molecular complexity index is 667. The smallest absolute Gasteiger partial charge is 0.339 e. The second kappa shape index (κ2) is 6.63. The van der Waals surface area contributed by atoms with Crippen molar-refractivity contribution < 1.29 is 19.4 Å². The van der Waals surface area contributed by atoms with Gasteiger partial charge in [-0.05, 0) is 58.2 Å². The highest BCUT2D eigenvalue weighted by Gasteiger charge is 2.12. The molecule has 0 aliphatic carbocycles. The number of methoxy groups -OCH3 is 1. The van der Waals surface area contributed by atoms with Crippen LogP contribution in [-0.4, -0.2) is 18.2 Å². The maximum atomic E-state index is 11.2. The predicted molar refractivity (Wildman–Crippen MR) is 83.2 cm³/mol. The zero-order valence-corrected chi connectivity index (χ0v) is 13.3. The number of ether oxygens (including phenoxy) is 2. The molecule has 0 aromatic heterocycles. The molecule has 0 atom stereocenters. The summed E-state index contributed by atoms with van der Waals surface area (Å²) < 4.78 is 11.6. The highest BCUT2D eigenvalue weighted by Crippen LogP contribution is 2.27. The van der Waals surface area contributed by atoms with E-state index in [2.05, 4.69) is 15.9 Å². The van der Waals surface area contributed by atoms with Crippen molar-refractivity contribution in [2.45, 2.75) is 13.5 Å². The lowest BCUT2D eigenvalue weighted by molar-refractivity contribution is 0.0693. The summed E-state index contributed by atoms with van der Waals surface area (Å²) in [6.45, 7) is 2.28. The summed E-state index contributed by atoms with van der Waals surface area (Å²) in [5.74, 6) is 0.0290. The molecule has 0 amide bonds. The SMILES string of the molecule is COc1ccc(COc2ccc(C)cc2Br)cc1C(=O)O. The fourth-order valence-electron chi connectivity index (χ4n) is 1.90. The number of carbonyl (C=O) groups is 1. The topological polar surface area (TPSA) is 55.8 Å². The van der Waals surface area contributed by atoms with Crippen LogP contribution in [0, 0.1) is 6.92 Å². The molecule has 0 aliphatic rings. The summed E-state index contributed by atoms with van der Waals surface area (Å²) >= 11 is 3.44. The normalized spacial score (nSPS) is 10.2. The number of halogens is 1. The largest absolute Gasteiger partial charge is 0.496 e. The minimum absolute atomic E-state index is 0.126. The van der Waals surface area contributed by atoms with Crippen molar-refractivity contribution in [3.8, 4) is 11.5 Å². The number of hydrogen-bond donors (Lipinski definition) is 1. The third-order valence-electron chi connectivity index (χ3n) is 2.98. The second-order valence-electron chi connectivity index (χ2n) is 4.56. The van der Waals surface area contributed by atoms with Crippen molar-refractivity contribution in [3.63, 3.8) is 0 Å². The highest BCUT2D eigenvalue weighted by atomic mass is 79.9. The average molecular weight is 351 g/mol. The van der Waals surface area contributed by atoms with E-state index in [0.717, 1.165) is 15.6 Å². The lowest BCUT2D eigenvalue weighted by Gasteiger charge is -2.11. The quantitative estimate of drug-likeness (QED) is 0.883. The number of aryl methyl sites for hydroxylation is 1. The molecule has 0 unspecified atom stereocenters. The number of benzene rings is 2. The Morgan fingerprint density at radius 3 is 2.52 bits per heavy atom. The fraction of sp³-hybridized carbons (Fsp3) is 0.188. The van der Waals surface area contributed by atoms with Crippen molar-refractivity contribution in [3.05, 3.63) is 57.6 Å². The summed E-state index contributed by atoms with van der Waals surface area (Å²) in [4.78, 5) is 11.2. The van der Waals surface area contributed by atoms with Gasteiger partial charge in [0.15, 0.2) is 0 Å². The molecule has 5 heteroatoms. The summed E-state index contributed by atoms with van der Waals surface area (Å²) in [6.07, 6.45) is 0. The Morgan fingerprint density at radius 2 is 1.90 bits per heavy atom. The maximum absolute atomic E-state index is 11.2. The van der Waals surface area contributed by atoms with E-state index in [0.29, 0.717) is 11.5 Å². The van der Waals surface area contributed by atoms with Gasteiger partial charge in [0.2, 0.25) is 0 Å². The molecule has 0 bridgehead atoms. The van der Waals surface area contributed by atoms with E-state index in [1.807, 2.05) is 25.1 Å². The molecule has 0 heterocycles. The number of carboxylic acid groups (broad SMARTS) is 1. The van der Waals surface area contributed by atoms with Gasteiger partial charge in [0.25, 0.3) is 0 Å². The maximum Gasteiger partial charge on any atom is 0.339 e. The summed E-state index contributed by atoms with van der Waals surface area (Å²) in [5.41, 5.74) is 2.02. The summed E-state index contributed by atoms with van der Waals surface area (Å²) in [6, 6.07) is 10.8. The third kappa shape index (κ3) is 3.76. The standard InChI is InChI=1S/C16H15BrO4/c1-10-3-5-15(13(17)7-10)21-9-11-4-6-14(20-2)12(8-11)16(18)19/h3-8H,9H2,1-2H3,(H,18,19). The molecule has 0 saturated carbocycles. The molecule has 0 aliphatic heterocycles. The Kier molecular flexibility index (Phi) is 4.85. The minimum atomic E-state index is -1.02. The van der Waals surface area contributed by atoms with E-state index < -0.39 is 5.97 Å². The lowest BCUT2D eigenvalue weighted by atomic mass is 10.1. The van der Waals surface area contributed by atoms with E-state index >= 15 is 0 Å². The molecule has 0 fully saturated rings. The van der Waals surface area contributed by atoms with Crippen LogP contribution in [-0.2, 0) is 6.61 Å². The number of aromatic carboxylic acids is 1. The lowest BCUT2D eigenvalue weighted by Crippen LogP contribution is -2.03. The molecule has 0 spiro atoms. The van der Waals surface area contributed by atoms with E-state index in [1.165, 1.54) is 7.11 Å². The number of carboxylic acids is 1. The van der Waals surface area contributed by atoms with Crippen LogP contribution >= 0.6 is 15.9 Å². The van der Waals surface area contributed by atoms with Gasteiger partial charge >= 0.3 is 5.97 Å². The molecule has 110 valence electrons. The Labute approximate surface area is 131 Å². The summed E-state index contributed by atoms with van der Waals surface area (Å²) in [5, 5.41) is 9.15. The first-order valence-corrected chi connectivity index (χ1v) is 7.09. The van der Waals surface area contributed by atoms with Crippen LogP contribution in [0.5, 0.6) is 11.5 Å².